The summed E-state index contributed by atoms with van der Waals surface area (Å²) in [6.07, 6.45) is 3.72. The minimum atomic E-state index is -0.536. The first-order valence-electron chi connectivity index (χ1n) is 29.2. The Morgan fingerprint density at radius 1 is 0.341 bits per heavy atom. The van der Waals surface area contributed by atoms with E-state index >= 15 is 0 Å². The number of benzene rings is 12. The van der Waals surface area contributed by atoms with E-state index in [-0.39, 0.29) is 0 Å². The average Bonchev–Trinajstić information content (AvgIpc) is 1.71. The van der Waals surface area contributed by atoms with Crippen LogP contribution < -0.4 is 4.90 Å². The molecule has 13 aromatic rings. The monoisotopic (exact) mass is 1090 g/mol. The van der Waals surface area contributed by atoms with Gasteiger partial charge < -0.3 is 18.9 Å². The molecule has 0 fully saturated rings. The molecule has 0 unspecified atom stereocenters. The van der Waals surface area contributed by atoms with Gasteiger partial charge in [0, 0.05) is 33.5 Å². The molecule has 12 aromatic carbocycles. The van der Waals surface area contributed by atoms with Crippen LogP contribution in [0, 0.1) is 0 Å². The van der Waals surface area contributed by atoms with Crippen molar-refractivity contribution in [1.82, 2.24) is 4.57 Å². The second kappa shape index (κ2) is 23.1. The Bertz CT molecular complexity index is 4410. The summed E-state index contributed by atoms with van der Waals surface area (Å²) in [6, 6.07) is 106. The van der Waals surface area contributed by atoms with Crippen LogP contribution in [-0.4, -0.2) is 4.57 Å². The van der Waals surface area contributed by atoms with E-state index in [1.165, 1.54) is 55.3 Å². The number of nitrogens with zero attached hydrogens (tertiary/aromatic N) is 2. The third kappa shape index (κ3) is 10.1. The molecule has 1 aromatic heterocycles. The van der Waals surface area contributed by atoms with E-state index in [1.807, 2.05) is 12.2 Å². The number of ether oxygens (including phenoxy) is 2. The molecule has 0 atom stereocenters. The minimum Gasteiger partial charge on any atom is -0.372 e. The van der Waals surface area contributed by atoms with Crippen molar-refractivity contribution in [3.8, 4) is 39.1 Å². The maximum absolute atomic E-state index is 6.42. The van der Waals surface area contributed by atoms with Gasteiger partial charge in [0.15, 0.2) is 0 Å². The molecule has 1 heterocycles. The third-order valence-electron chi connectivity index (χ3n) is 16.9. The number of para-hydroxylation sites is 1. The van der Waals surface area contributed by atoms with E-state index in [2.05, 4.69) is 314 Å². The summed E-state index contributed by atoms with van der Waals surface area (Å²) >= 11 is 0. The number of aromatic nitrogens is 1. The lowest BCUT2D eigenvalue weighted by molar-refractivity contribution is 0.103. The van der Waals surface area contributed by atoms with Gasteiger partial charge in [0.1, 0.15) is 0 Å². The van der Waals surface area contributed by atoms with Gasteiger partial charge in [-0.15, -0.1) is 0 Å². The van der Waals surface area contributed by atoms with Gasteiger partial charge in [-0.05, 0) is 156 Å². The summed E-state index contributed by atoms with van der Waals surface area (Å²) in [5.41, 5.74) is 24.8. The van der Waals surface area contributed by atoms with Crippen LogP contribution in [0.1, 0.15) is 55.6 Å². The van der Waals surface area contributed by atoms with Crippen LogP contribution in [0.3, 0.4) is 0 Å². The molecule has 0 N–H and O–H groups in total. The van der Waals surface area contributed by atoms with Crippen molar-refractivity contribution in [3.05, 3.63) is 360 Å². The second-order valence-corrected chi connectivity index (χ2v) is 22.0. The first kappa shape index (κ1) is 52.7. The van der Waals surface area contributed by atoms with E-state index in [4.69, 9.17) is 9.47 Å². The topological polar surface area (TPSA) is 26.6 Å². The van der Waals surface area contributed by atoms with E-state index < -0.39 is 5.41 Å². The summed E-state index contributed by atoms with van der Waals surface area (Å²) in [5.74, 6) is 0. The van der Waals surface area contributed by atoms with Gasteiger partial charge in [-0.2, -0.15) is 0 Å². The standard InChI is InChI=1S/C81H62N2O2/c1-3-57-28-32-59(33-29-57)53-84-55-61-48-62(56-85-54-60-34-30-58(4-2)31-35-60)50-72(49-61)83-79-27-17-15-25-75(79)76-51-66(40-47-80(76)83)65-38-43-70(44-39-65)82(69-41-36-64(37-42-69)63-18-8-5-9-19-63)71-45-46-74-73-24-14-16-26-77(73)81(78(74)52-71,67-20-10-6-11-21-67)68-22-12-7-13-23-68/h3-52H,1-2,53-56H2. The van der Waals surface area contributed by atoms with Crippen molar-refractivity contribution in [1.29, 1.82) is 0 Å². The Kier molecular flexibility index (Phi) is 14.3. The summed E-state index contributed by atoms with van der Waals surface area (Å²) in [6.45, 7) is 9.73. The fourth-order valence-electron chi connectivity index (χ4n) is 12.8. The highest BCUT2D eigenvalue weighted by Crippen LogP contribution is 2.57. The van der Waals surface area contributed by atoms with Gasteiger partial charge in [0.2, 0.25) is 0 Å². The van der Waals surface area contributed by atoms with Crippen molar-refractivity contribution in [2.24, 2.45) is 0 Å². The quantitative estimate of drug-likeness (QED) is 0.0857. The van der Waals surface area contributed by atoms with Crippen LogP contribution in [0.5, 0.6) is 0 Å². The van der Waals surface area contributed by atoms with E-state index in [9.17, 15) is 0 Å². The van der Waals surface area contributed by atoms with Crippen molar-refractivity contribution in [2.75, 3.05) is 4.90 Å². The number of hydrogen-bond donors (Lipinski definition) is 0. The Labute approximate surface area is 498 Å². The van der Waals surface area contributed by atoms with Crippen LogP contribution >= 0.6 is 0 Å². The zero-order valence-electron chi connectivity index (χ0n) is 47.3. The average molecular weight is 1100 g/mol. The number of rotatable bonds is 18. The van der Waals surface area contributed by atoms with E-state index in [1.54, 1.807) is 0 Å². The van der Waals surface area contributed by atoms with Crippen molar-refractivity contribution in [3.63, 3.8) is 0 Å². The lowest BCUT2D eigenvalue weighted by Gasteiger charge is -2.35. The first-order valence-corrected chi connectivity index (χ1v) is 29.2. The van der Waals surface area contributed by atoms with Gasteiger partial charge in [-0.25, -0.2) is 0 Å². The van der Waals surface area contributed by atoms with Gasteiger partial charge in [0.05, 0.1) is 42.9 Å². The highest BCUT2D eigenvalue weighted by molar-refractivity contribution is 6.10. The van der Waals surface area contributed by atoms with Crippen molar-refractivity contribution < 1.29 is 9.47 Å². The maximum atomic E-state index is 6.42. The van der Waals surface area contributed by atoms with Gasteiger partial charge in [0.25, 0.3) is 0 Å². The molecule has 4 heteroatoms. The first-order chi connectivity index (χ1) is 42.0. The SMILES string of the molecule is C=Cc1ccc(COCc2cc(COCc3ccc(C=C)cc3)cc(-n3c4ccccc4c4cc(-c5ccc(N(c6ccc(-c7ccccc7)cc6)c6ccc7c(c6)C(c6ccccc6)(c6ccccc6)c6ccccc6-7)cc5)ccc43)c2)cc1. The lowest BCUT2D eigenvalue weighted by Crippen LogP contribution is -2.28. The number of fused-ring (bicyclic) bond motifs is 6. The van der Waals surface area contributed by atoms with Gasteiger partial charge in [-0.3, -0.25) is 0 Å². The Morgan fingerprint density at radius 3 is 1.39 bits per heavy atom. The molecule has 0 aliphatic heterocycles. The lowest BCUT2D eigenvalue weighted by atomic mass is 9.67. The van der Waals surface area contributed by atoms with E-state index in [0.29, 0.717) is 26.4 Å². The van der Waals surface area contributed by atoms with Gasteiger partial charge >= 0.3 is 0 Å². The number of hydrogen-bond acceptors (Lipinski definition) is 3. The van der Waals surface area contributed by atoms with Crippen LogP contribution in [0.4, 0.5) is 17.1 Å². The van der Waals surface area contributed by atoms with Gasteiger partial charge in [-0.1, -0.05) is 250 Å². The van der Waals surface area contributed by atoms with Crippen LogP contribution in [0.25, 0.3) is 73.0 Å². The smallest absolute Gasteiger partial charge is 0.0722 e. The van der Waals surface area contributed by atoms with Crippen LogP contribution in [0.15, 0.2) is 304 Å². The normalized spacial score (nSPS) is 12.2. The number of anilines is 3. The fourth-order valence-corrected chi connectivity index (χ4v) is 12.8. The molecule has 14 rings (SSSR count). The van der Waals surface area contributed by atoms with E-state index in [0.717, 1.165) is 78.3 Å². The molecule has 4 nitrogen and oxygen atoms in total. The van der Waals surface area contributed by atoms with Crippen molar-refractivity contribution >= 4 is 51.0 Å². The molecular weight excluding hydrogens is 1030 g/mol. The fraction of sp³-hybridized carbons (Fsp3) is 0.0617. The Morgan fingerprint density at radius 2 is 0.800 bits per heavy atom. The molecule has 0 saturated carbocycles. The molecule has 0 amide bonds. The minimum absolute atomic E-state index is 0.448. The third-order valence-corrected chi connectivity index (χ3v) is 16.9. The van der Waals surface area contributed by atoms with Crippen LogP contribution in [-0.2, 0) is 41.3 Å². The molecule has 85 heavy (non-hydrogen) atoms. The maximum Gasteiger partial charge on any atom is 0.0722 e. The molecule has 0 bridgehead atoms. The Balaban J connectivity index is 0.836. The molecular formula is C81H62N2O2. The van der Waals surface area contributed by atoms with Crippen LogP contribution in [0.2, 0.25) is 0 Å². The summed E-state index contributed by atoms with van der Waals surface area (Å²) in [4.78, 5) is 2.42. The molecule has 0 spiro atoms. The summed E-state index contributed by atoms with van der Waals surface area (Å²) < 4.78 is 15.2. The molecule has 1 aliphatic carbocycles. The highest BCUT2D eigenvalue weighted by Gasteiger charge is 2.46. The molecule has 0 saturated heterocycles. The molecule has 408 valence electrons. The Hall–Kier alpha value is -10.4. The summed E-state index contributed by atoms with van der Waals surface area (Å²) in [5, 5.41) is 2.37. The molecule has 0 radical (unpaired) electrons. The summed E-state index contributed by atoms with van der Waals surface area (Å²) in [7, 11) is 0. The predicted octanol–water partition coefficient (Wildman–Crippen LogP) is 20.7. The zero-order valence-corrected chi connectivity index (χ0v) is 47.3. The molecule has 1 aliphatic rings. The largest absolute Gasteiger partial charge is 0.372 e. The predicted molar refractivity (Wildman–Crippen MR) is 354 cm³/mol. The second-order valence-electron chi connectivity index (χ2n) is 22.0. The highest BCUT2D eigenvalue weighted by atomic mass is 16.5. The van der Waals surface area contributed by atoms with Crippen molar-refractivity contribution in [2.45, 2.75) is 31.8 Å². The zero-order chi connectivity index (χ0) is 57.1.